The van der Waals surface area contributed by atoms with Crippen LogP contribution in [0.5, 0.6) is 0 Å². The molecule has 0 saturated heterocycles. The van der Waals surface area contributed by atoms with E-state index in [0.29, 0.717) is 12.8 Å². The summed E-state index contributed by atoms with van der Waals surface area (Å²) in [4.78, 5) is 35.4. The van der Waals surface area contributed by atoms with E-state index in [9.17, 15) is 19.0 Å². The SMILES string of the molecule is CC/C=C\C/C=C\C/C=C\C/C=C\C/C=C\C/C=C\C/C=C\C/C=C\C/C=C\C/C=C\CCCCCCCCC(=O)OC(COC(=O)CCCCCC/C=C\C/C=C\C/C=C\C/C=C\C/C=C\C/C=C\C/C=C\C/C=C\C/C=C\C/C=C\CC)COP(=O)(O)OCCN. The van der Waals surface area contributed by atoms with Crippen LogP contribution in [0, 0.1) is 0 Å². The summed E-state index contributed by atoms with van der Waals surface area (Å²) < 4.78 is 33.1. The number of phosphoric acid groups is 1. The largest absolute Gasteiger partial charge is 0.472 e. The Labute approximate surface area is 567 Å². The van der Waals surface area contributed by atoms with Crippen LogP contribution in [0.3, 0.4) is 0 Å². The molecule has 0 heterocycles. The molecule has 10 heteroatoms. The van der Waals surface area contributed by atoms with Crippen molar-refractivity contribution >= 4 is 19.8 Å². The van der Waals surface area contributed by atoms with Crippen LogP contribution < -0.4 is 5.73 Å². The Morgan fingerprint density at radius 1 is 0.323 bits per heavy atom. The molecule has 0 spiro atoms. The molecule has 2 atom stereocenters. The van der Waals surface area contributed by atoms with Crippen LogP contribution in [0.25, 0.3) is 0 Å². The lowest BCUT2D eigenvalue weighted by atomic mass is 10.1. The maximum Gasteiger partial charge on any atom is 0.472 e. The van der Waals surface area contributed by atoms with E-state index in [-0.39, 0.29) is 32.6 Å². The predicted molar refractivity (Wildman–Crippen MR) is 403 cm³/mol. The summed E-state index contributed by atoms with van der Waals surface area (Å²) in [7, 11) is -4.43. The molecule has 0 saturated carbocycles. The molecule has 0 bridgehead atoms. The lowest BCUT2D eigenvalue weighted by molar-refractivity contribution is -0.161. The first-order valence-corrected chi connectivity index (χ1v) is 37.0. The number of ether oxygens (including phenoxy) is 2. The first kappa shape index (κ1) is 86.8. The zero-order chi connectivity index (χ0) is 67.2. The zero-order valence-corrected chi connectivity index (χ0v) is 58.8. The topological polar surface area (TPSA) is 134 Å². The molecule has 93 heavy (non-hydrogen) atoms. The Morgan fingerprint density at radius 3 is 0.828 bits per heavy atom. The summed E-state index contributed by atoms with van der Waals surface area (Å²) >= 11 is 0. The van der Waals surface area contributed by atoms with Gasteiger partial charge in [-0.3, -0.25) is 18.6 Å². The van der Waals surface area contributed by atoms with E-state index in [1.165, 1.54) is 0 Å². The van der Waals surface area contributed by atoms with Crippen LogP contribution in [-0.4, -0.2) is 49.3 Å². The summed E-state index contributed by atoms with van der Waals surface area (Å²) in [5, 5.41) is 0. The summed E-state index contributed by atoms with van der Waals surface area (Å²) in [6.45, 7) is 3.43. The van der Waals surface area contributed by atoms with Crippen molar-refractivity contribution in [3.63, 3.8) is 0 Å². The highest BCUT2D eigenvalue weighted by Gasteiger charge is 2.26. The van der Waals surface area contributed by atoms with Gasteiger partial charge in [-0.1, -0.05) is 295 Å². The molecule has 0 amide bonds. The lowest BCUT2D eigenvalue weighted by Crippen LogP contribution is -2.29. The third-order valence-corrected chi connectivity index (χ3v) is 14.7. The maximum atomic E-state index is 12.8. The third kappa shape index (κ3) is 74.7. The molecule has 9 nitrogen and oxygen atoms in total. The highest BCUT2D eigenvalue weighted by atomic mass is 31.2. The fourth-order valence-corrected chi connectivity index (χ4v) is 9.34. The van der Waals surface area contributed by atoms with E-state index in [2.05, 4.69) is 257 Å². The van der Waals surface area contributed by atoms with Gasteiger partial charge in [-0.25, -0.2) is 4.57 Å². The Bertz CT molecular complexity index is 2430. The van der Waals surface area contributed by atoms with Crippen molar-refractivity contribution < 1.29 is 37.6 Å². The van der Waals surface area contributed by atoms with Crippen molar-refractivity contribution in [2.75, 3.05) is 26.4 Å². The summed E-state index contributed by atoms with van der Waals surface area (Å²) in [5.74, 6) is -0.895. The normalized spacial score (nSPS) is 14.4. The van der Waals surface area contributed by atoms with E-state index in [1.807, 2.05) is 0 Å². The molecule has 0 aromatic rings. The second kappa shape index (κ2) is 74.8. The standard InChI is InChI=1S/C83H126NO8P/c1-3-5-7-9-11-13-15-17-19-21-23-25-27-29-31-33-35-37-39-40-42-44-46-48-50-52-54-56-58-60-62-64-66-68-70-72-74-76-83(86)92-81(80-91-93(87,88)90-78-77-84)79-89-82(85)75-73-71-69-67-65-63-61-59-57-55-53-51-49-47-45-43-41-38-36-34-32-30-28-26-24-22-20-18-16-14-12-10-8-6-4-2/h5-8,11-14,17-20,23-26,29-32,35-38,40,42-43,45-46,48-49,51-52,54-55,57-58,60-61,63,81H,3-4,9-10,15-16,21-22,27-28,33-34,39,41,44,47,50,53,56,59,62,64-80,84H2,1-2H3,(H,87,88)/b7-5-,8-6-,13-11-,14-12-,19-17-,20-18-,25-23-,26-24-,31-29-,32-30-,37-35-,38-36-,42-40-,45-43-,48-46-,51-49-,54-52-,57-55-,60-58-,63-61-. The molecule has 0 fully saturated rings. The van der Waals surface area contributed by atoms with Gasteiger partial charge < -0.3 is 20.1 Å². The fourth-order valence-electron chi connectivity index (χ4n) is 8.57. The summed E-state index contributed by atoms with van der Waals surface area (Å²) in [6.07, 6.45) is 119. The highest BCUT2D eigenvalue weighted by molar-refractivity contribution is 7.47. The van der Waals surface area contributed by atoms with Gasteiger partial charge in [0.15, 0.2) is 6.10 Å². The highest BCUT2D eigenvalue weighted by Crippen LogP contribution is 2.43. The first-order valence-electron chi connectivity index (χ1n) is 35.5. The molecule has 0 radical (unpaired) electrons. The summed E-state index contributed by atoms with van der Waals surface area (Å²) in [5.41, 5.74) is 5.40. The van der Waals surface area contributed by atoms with Crippen LogP contribution in [0.1, 0.15) is 232 Å². The van der Waals surface area contributed by atoms with Crippen molar-refractivity contribution in [1.82, 2.24) is 0 Å². The predicted octanol–water partition coefficient (Wildman–Crippen LogP) is 24.0. The van der Waals surface area contributed by atoms with Crippen molar-refractivity contribution in [2.45, 2.75) is 238 Å². The minimum atomic E-state index is -4.43. The molecule has 3 N–H and O–H groups in total. The van der Waals surface area contributed by atoms with Gasteiger partial charge in [0.2, 0.25) is 0 Å². The van der Waals surface area contributed by atoms with Gasteiger partial charge in [-0.15, -0.1) is 0 Å². The second-order valence-electron chi connectivity index (χ2n) is 22.3. The average molecular weight is 1300 g/mol. The number of hydrogen-bond acceptors (Lipinski definition) is 8. The number of carbonyl (C=O) groups is 2. The average Bonchev–Trinajstić information content (AvgIpc) is 3.04. The first-order chi connectivity index (χ1) is 45.8. The molecule has 2 unspecified atom stereocenters. The number of carbonyl (C=O) groups excluding carboxylic acids is 2. The fraction of sp³-hybridized carbons (Fsp3) is 0.494. The Balaban J connectivity index is 4.10. The van der Waals surface area contributed by atoms with Crippen LogP contribution in [-0.2, 0) is 32.7 Å². The van der Waals surface area contributed by atoms with Crippen LogP contribution in [0.2, 0.25) is 0 Å². The number of unbranched alkanes of at least 4 members (excludes halogenated alkanes) is 10. The van der Waals surface area contributed by atoms with Gasteiger partial charge in [-0.05, 0) is 167 Å². The minimum Gasteiger partial charge on any atom is -0.462 e. The van der Waals surface area contributed by atoms with Crippen molar-refractivity contribution in [2.24, 2.45) is 5.73 Å². The minimum absolute atomic E-state index is 0.0330. The quantitative estimate of drug-likeness (QED) is 0.0264. The number of rotatable bonds is 63. The van der Waals surface area contributed by atoms with Gasteiger partial charge in [0.25, 0.3) is 0 Å². The smallest absolute Gasteiger partial charge is 0.462 e. The van der Waals surface area contributed by atoms with Crippen LogP contribution in [0.4, 0.5) is 0 Å². The van der Waals surface area contributed by atoms with Crippen molar-refractivity contribution in [3.8, 4) is 0 Å². The second-order valence-corrected chi connectivity index (χ2v) is 23.7. The van der Waals surface area contributed by atoms with Gasteiger partial charge in [-0.2, -0.15) is 0 Å². The number of hydrogen-bond donors (Lipinski definition) is 2. The van der Waals surface area contributed by atoms with E-state index in [1.54, 1.807) is 0 Å². The van der Waals surface area contributed by atoms with Crippen molar-refractivity contribution in [3.05, 3.63) is 243 Å². The summed E-state index contributed by atoms with van der Waals surface area (Å²) in [6, 6.07) is 0. The zero-order valence-electron chi connectivity index (χ0n) is 57.9. The Morgan fingerprint density at radius 2 is 0.559 bits per heavy atom. The monoisotopic (exact) mass is 1300 g/mol. The number of nitrogens with two attached hydrogens (primary N) is 1. The molecule has 0 aliphatic heterocycles. The van der Waals surface area contributed by atoms with Gasteiger partial charge in [0.05, 0.1) is 13.2 Å². The molecule has 0 aliphatic carbocycles. The van der Waals surface area contributed by atoms with E-state index >= 15 is 0 Å². The van der Waals surface area contributed by atoms with E-state index in [0.717, 1.165) is 193 Å². The molecular weight excluding hydrogens is 1170 g/mol. The molecular formula is C83H126NO8P. The maximum absolute atomic E-state index is 12.8. The number of phosphoric ester groups is 1. The van der Waals surface area contributed by atoms with Gasteiger partial charge in [0.1, 0.15) is 6.61 Å². The molecule has 0 aliphatic rings. The van der Waals surface area contributed by atoms with E-state index in [4.69, 9.17) is 24.3 Å². The lowest BCUT2D eigenvalue weighted by Gasteiger charge is -2.19. The van der Waals surface area contributed by atoms with Crippen LogP contribution >= 0.6 is 7.82 Å². The molecule has 0 aromatic carbocycles. The van der Waals surface area contributed by atoms with E-state index < -0.39 is 32.5 Å². The number of allylic oxidation sites excluding steroid dienone is 40. The molecule has 516 valence electrons. The Hall–Kier alpha value is -6.19. The molecule has 0 rings (SSSR count). The van der Waals surface area contributed by atoms with Gasteiger partial charge in [0, 0.05) is 19.4 Å². The Kier molecular flexibility index (Phi) is 69.9. The van der Waals surface area contributed by atoms with Crippen molar-refractivity contribution in [1.29, 1.82) is 0 Å². The molecule has 0 aromatic heterocycles. The number of esters is 2. The van der Waals surface area contributed by atoms with Crippen LogP contribution in [0.15, 0.2) is 243 Å². The van der Waals surface area contributed by atoms with Gasteiger partial charge >= 0.3 is 19.8 Å². The third-order valence-electron chi connectivity index (χ3n) is 13.7.